The molecule has 0 bridgehead atoms. The van der Waals surface area contributed by atoms with Crippen LogP contribution in [0.3, 0.4) is 0 Å². The fourth-order valence-corrected chi connectivity index (χ4v) is 5.68. The molecule has 0 amide bonds. The summed E-state index contributed by atoms with van der Waals surface area (Å²) in [5.41, 5.74) is 5.75. The van der Waals surface area contributed by atoms with Crippen LogP contribution in [-0.2, 0) is 23.1 Å². The zero-order chi connectivity index (χ0) is 29.1. The van der Waals surface area contributed by atoms with Crippen molar-refractivity contribution in [3.63, 3.8) is 0 Å². The average molecular weight is 597 g/mol. The van der Waals surface area contributed by atoms with Crippen LogP contribution in [0.4, 0.5) is 5.82 Å². The van der Waals surface area contributed by atoms with Gasteiger partial charge in [0.15, 0.2) is 29.6 Å². The summed E-state index contributed by atoms with van der Waals surface area (Å²) in [7, 11) is -5.03. The van der Waals surface area contributed by atoms with Crippen LogP contribution >= 0.6 is 7.82 Å². The van der Waals surface area contributed by atoms with Gasteiger partial charge in [-0.2, -0.15) is 5.10 Å². The van der Waals surface area contributed by atoms with Gasteiger partial charge in [-0.05, 0) is 0 Å². The number of H-pyrrole nitrogens is 1. The zero-order valence-electron chi connectivity index (χ0n) is 20.7. The van der Waals surface area contributed by atoms with E-state index in [1.165, 1.54) is 23.4 Å². The second-order valence-electron chi connectivity index (χ2n) is 9.26. The van der Waals surface area contributed by atoms with Crippen LogP contribution in [0.15, 0.2) is 30.0 Å². The smallest absolute Gasteiger partial charge is 0.394 e. The molecule has 2 aliphatic rings. The van der Waals surface area contributed by atoms with Crippen LogP contribution < -0.4 is 11.3 Å². The number of fused-ring (bicyclic) bond motifs is 2. The first-order chi connectivity index (χ1) is 19.6. The Morgan fingerprint density at radius 1 is 1.05 bits per heavy atom. The Labute approximate surface area is 227 Å². The molecule has 6 rings (SSSR count). The molecule has 20 nitrogen and oxygen atoms in total. The van der Waals surface area contributed by atoms with E-state index in [9.17, 15) is 34.7 Å². The molecule has 0 aliphatic carbocycles. The first-order valence-electron chi connectivity index (χ1n) is 12.0. The quantitative estimate of drug-likeness (QED) is 0.0990. The van der Waals surface area contributed by atoms with Crippen molar-refractivity contribution >= 4 is 35.8 Å². The van der Waals surface area contributed by atoms with Crippen molar-refractivity contribution in [2.24, 2.45) is 0 Å². The predicted octanol–water partition coefficient (Wildman–Crippen LogP) is -3.09. The number of phosphoric acid groups is 1. The highest BCUT2D eigenvalue weighted by Crippen LogP contribution is 2.50. The second kappa shape index (κ2) is 10.4. The maximum absolute atomic E-state index is 12.9. The molecule has 2 aliphatic heterocycles. The van der Waals surface area contributed by atoms with E-state index < -0.39 is 75.7 Å². The topological polar surface area (TPSA) is 288 Å². The second-order valence-corrected chi connectivity index (χ2v) is 10.7. The molecule has 1 unspecified atom stereocenters. The highest BCUT2D eigenvalue weighted by Gasteiger charge is 2.51. The normalized spacial score (nSPS) is 31.7. The molecule has 41 heavy (non-hydrogen) atoms. The van der Waals surface area contributed by atoms with E-state index in [1.807, 2.05) is 0 Å². The molecule has 0 radical (unpaired) electrons. The number of nitrogen functional groups attached to an aromatic ring is 1. The summed E-state index contributed by atoms with van der Waals surface area (Å²) in [4.78, 5) is 40.9. The summed E-state index contributed by atoms with van der Waals surface area (Å²) in [6.07, 6.45) is -6.75. The number of hydrogen-bond acceptors (Lipinski definition) is 16. The monoisotopic (exact) mass is 597 g/mol. The molecule has 0 saturated carbocycles. The molecule has 21 heteroatoms. The van der Waals surface area contributed by atoms with Crippen LogP contribution in [0, 0.1) is 0 Å². The molecular weight excluding hydrogens is 573 g/mol. The number of nitrogens with two attached hydrogens (primary N) is 1. The van der Waals surface area contributed by atoms with E-state index in [2.05, 4.69) is 30.0 Å². The number of aromatic amines is 1. The minimum absolute atomic E-state index is 0.0217. The van der Waals surface area contributed by atoms with Gasteiger partial charge >= 0.3 is 7.82 Å². The number of phosphoric ester groups is 1. The first kappa shape index (κ1) is 27.7. The standard InChI is InChI=1S/C20H24N9O11P/c21-15-10-17(24-4-22-15)28(6-26-10)19-13(33)11(31)9(39-19)3-37-41(35,36)40-14-12(32)8(2-30)38-20(14)29-16-7(1-27-29)18(34)25-5-23-16/h1,4-6,8-9,11-14,19-20,30-33H,2-3H2,(H,35,36)(H2,21,22,24)(H,23,25,34)/t8-,9-,11-,12-,13-,14-,19-,20-/m1/s1. The number of aromatic nitrogens is 8. The summed E-state index contributed by atoms with van der Waals surface area (Å²) in [5, 5.41) is 45.5. The van der Waals surface area contributed by atoms with E-state index in [0.717, 1.165) is 11.0 Å². The molecule has 6 heterocycles. The van der Waals surface area contributed by atoms with Crippen molar-refractivity contribution in [3.05, 3.63) is 35.5 Å². The van der Waals surface area contributed by atoms with Gasteiger partial charge in [-0.1, -0.05) is 0 Å². The molecular formula is C20H24N9O11P. The third-order valence-corrected chi connectivity index (χ3v) is 7.77. The van der Waals surface area contributed by atoms with Gasteiger partial charge in [0, 0.05) is 0 Å². The molecule has 0 spiro atoms. The average Bonchev–Trinajstić information content (AvgIpc) is 3.70. The molecule has 2 fully saturated rings. The number of imidazole rings is 1. The lowest BCUT2D eigenvalue weighted by molar-refractivity contribution is -0.0644. The van der Waals surface area contributed by atoms with Crippen molar-refractivity contribution in [2.75, 3.05) is 18.9 Å². The van der Waals surface area contributed by atoms with Crippen molar-refractivity contribution in [2.45, 2.75) is 49.1 Å². The van der Waals surface area contributed by atoms with E-state index >= 15 is 0 Å². The summed E-state index contributed by atoms with van der Waals surface area (Å²) >= 11 is 0. The first-order valence-corrected chi connectivity index (χ1v) is 13.5. The molecule has 0 aromatic carbocycles. The van der Waals surface area contributed by atoms with Crippen LogP contribution in [0.5, 0.6) is 0 Å². The van der Waals surface area contributed by atoms with E-state index in [-0.39, 0.29) is 28.0 Å². The van der Waals surface area contributed by atoms with Gasteiger partial charge in [-0.25, -0.2) is 29.2 Å². The van der Waals surface area contributed by atoms with Crippen LogP contribution in [0.1, 0.15) is 12.5 Å². The Kier molecular flexibility index (Phi) is 7.06. The summed E-state index contributed by atoms with van der Waals surface area (Å²) in [6, 6.07) is 0. The number of aliphatic hydroxyl groups is 4. The van der Waals surface area contributed by atoms with Crippen molar-refractivity contribution in [3.8, 4) is 0 Å². The van der Waals surface area contributed by atoms with Gasteiger partial charge in [0.2, 0.25) is 0 Å². The molecule has 9 atom stereocenters. The van der Waals surface area contributed by atoms with Gasteiger partial charge in [0.1, 0.15) is 53.9 Å². The van der Waals surface area contributed by atoms with Gasteiger partial charge in [0.25, 0.3) is 5.56 Å². The minimum Gasteiger partial charge on any atom is -0.394 e. The van der Waals surface area contributed by atoms with Gasteiger partial charge in [0.05, 0.1) is 32.1 Å². The van der Waals surface area contributed by atoms with E-state index in [4.69, 9.17) is 24.3 Å². The third-order valence-electron chi connectivity index (χ3n) is 6.79. The Hall–Kier alpha value is -3.43. The minimum atomic E-state index is -5.03. The van der Waals surface area contributed by atoms with E-state index in [1.54, 1.807) is 0 Å². The van der Waals surface area contributed by atoms with Crippen molar-refractivity contribution in [1.29, 1.82) is 0 Å². The maximum atomic E-state index is 12.9. The number of nitrogens with zero attached hydrogens (tertiary/aromatic N) is 7. The Morgan fingerprint density at radius 3 is 2.61 bits per heavy atom. The highest BCUT2D eigenvalue weighted by molar-refractivity contribution is 7.47. The highest BCUT2D eigenvalue weighted by atomic mass is 31.2. The number of aliphatic hydroxyl groups excluding tert-OH is 4. The Balaban J connectivity index is 1.18. The number of hydrogen-bond donors (Lipinski definition) is 7. The Bertz CT molecular complexity index is 1680. The lowest BCUT2D eigenvalue weighted by Crippen LogP contribution is -2.36. The molecule has 4 aromatic heterocycles. The molecule has 8 N–H and O–H groups in total. The molecule has 220 valence electrons. The lowest BCUT2D eigenvalue weighted by Gasteiger charge is -2.24. The number of anilines is 1. The summed E-state index contributed by atoms with van der Waals surface area (Å²) in [6.45, 7) is -1.41. The maximum Gasteiger partial charge on any atom is 0.472 e. The zero-order valence-corrected chi connectivity index (χ0v) is 21.6. The van der Waals surface area contributed by atoms with Crippen LogP contribution in [0.25, 0.3) is 22.2 Å². The van der Waals surface area contributed by atoms with Gasteiger partial charge in [-0.3, -0.25) is 18.4 Å². The summed E-state index contributed by atoms with van der Waals surface area (Å²) in [5.74, 6) is 0.0885. The van der Waals surface area contributed by atoms with Gasteiger partial charge < -0.3 is 45.5 Å². The number of rotatable bonds is 8. The Morgan fingerprint density at radius 2 is 1.83 bits per heavy atom. The van der Waals surface area contributed by atoms with Crippen molar-refractivity contribution in [1.82, 2.24) is 39.3 Å². The van der Waals surface area contributed by atoms with Gasteiger partial charge in [-0.15, -0.1) is 0 Å². The SMILES string of the molecule is Nc1ncnc2c1ncn2[C@@H]1O[C@H](COP(=O)(O)O[C@@H]2[C@H](O)[C@@H](CO)O[C@H]2n2ncc3c(=O)[nH]cnc32)[C@@H](O)[C@H]1O. The van der Waals surface area contributed by atoms with E-state index in [0.29, 0.717) is 0 Å². The van der Waals surface area contributed by atoms with Crippen LogP contribution in [0.2, 0.25) is 0 Å². The summed E-state index contributed by atoms with van der Waals surface area (Å²) < 4.78 is 36.9. The van der Waals surface area contributed by atoms with Crippen LogP contribution in [-0.4, -0.2) is 114 Å². The fraction of sp³-hybridized carbons (Fsp3) is 0.500. The predicted molar refractivity (Wildman–Crippen MR) is 131 cm³/mol. The van der Waals surface area contributed by atoms with Crippen molar-refractivity contribution < 1.29 is 48.4 Å². The number of ether oxygens (including phenoxy) is 2. The third kappa shape index (κ3) is 4.78. The molecule has 2 saturated heterocycles. The molecule has 4 aromatic rings. The lowest BCUT2D eigenvalue weighted by atomic mass is 10.1. The largest absolute Gasteiger partial charge is 0.472 e. The fourth-order valence-electron chi connectivity index (χ4n) is 4.75. The number of nitrogens with one attached hydrogen (secondary N) is 1.